The Kier molecular flexibility index (Phi) is 3.28. The van der Waals surface area contributed by atoms with Crippen LogP contribution in [0.5, 0.6) is 0 Å². The lowest BCUT2D eigenvalue weighted by Crippen LogP contribution is -2.33. The van der Waals surface area contributed by atoms with E-state index in [-0.39, 0.29) is 5.82 Å². The first-order chi connectivity index (χ1) is 8.20. The number of rotatable bonds is 4. The van der Waals surface area contributed by atoms with Gasteiger partial charge >= 0.3 is 0 Å². The molecule has 0 aromatic carbocycles. The summed E-state index contributed by atoms with van der Waals surface area (Å²) >= 11 is 0. The van der Waals surface area contributed by atoms with E-state index in [1.54, 1.807) is 0 Å². The summed E-state index contributed by atoms with van der Waals surface area (Å²) in [6, 6.07) is 0.320. The Labute approximate surface area is 94.1 Å². The number of hydrogen-bond acceptors (Lipinski definition) is 6. The van der Waals surface area contributed by atoms with Gasteiger partial charge in [-0.3, -0.25) is 0 Å². The van der Waals surface area contributed by atoms with Crippen LogP contribution in [0.1, 0.15) is 11.9 Å². The molecule has 0 saturated heterocycles. The molecule has 0 aliphatic rings. The molecule has 9 heteroatoms. The van der Waals surface area contributed by atoms with Crippen LogP contribution in [0.25, 0.3) is 0 Å². The minimum Gasteiger partial charge on any atom is -0.384 e. The number of alkyl halides is 2. The zero-order valence-electron chi connectivity index (χ0n) is 8.43. The van der Waals surface area contributed by atoms with Crippen molar-refractivity contribution >= 4 is 0 Å². The van der Waals surface area contributed by atoms with E-state index < -0.39 is 18.6 Å². The normalized spacial score (nSPS) is 14.8. The number of nitrogens with zero attached hydrogens (tertiary/aromatic N) is 6. The van der Waals surface area contributed by atoms with Crippen molar-refractivity contribution in [2.45, 2.75) is 18.6 Å². The Balaban J connectivity index is 2.38. The van der Waals surface area contributed by atoms with Crippen LogP contribution in [0.3, 0.4) is 0 Å². The maximum absolute atomic E-state index is 12.6. The molecule has 0 bridgehead atoms. The SMILES string of the molecule is OC(C(F)F)C(c1ncccn1)n1cnnn1. The first-order valence-electron chi connectivity index (χ1n) is 4.65. The summed E-state index contributed by atoms with van der Waals surface area (Å²) in [5.74, 6) is 0.0209. The van der Waals surface area contributed by atoms with E-state index in [1.807, 2.05) is 0 Å². The smallest absolute Gasteiger partial charge is 0.266 e. The lowest BCUT2D eigenvalue weighted by molar-refractivity contribution is -0.0301. The maximum Gasteiger partial charge on any atom is 0.266 e. The average Bonchev–Trinajstić information content (AvgIpc) is 2.84. The Morgan fingerprint density at radius 2 is 1.94 bits per heavy atom. The van der Waals surface area contributed by atoms with Crippen molar-refractivity contribution in [1.29, 1.82) is 0 Å². The maximum atomic E-state index is 12.6. The van der Waals surface area contributed by atoms with Gasteiger partial charge in [-0.2, -0.15) is 0 Å². The van der Waals surface area contributed by atoms with E-state index in [9.17, 15) is 13.9 Å². The number of tetrazole rings is 1. The zero-order chi connectivity index (χ0) is 12.3. The molecule has 0 amide bonds. The predicted octanol–water partition coefficient (Wildman–Crippen LogP) is -0.322. The molecule has 2 aromatic heterocycles. The second-order valence-electron chi connectivity index (χ2n) is 3.17. The van der Waals surface area contributed by atoms with E-state index in [0.717, 1.165) is 11.0 Å². The molecule has 7 nitrogen and oxygen atoms in total. The summed E-state index contributed by atoms with van der Waals surface area (Å²) in [4.78, 5) is 7.64. The molecular formula is C8H8F2N6O. The molecule has 2 heterocycles. The van der Waals surface area contributed by atoms with Gasteiger partial charge in [0.2, 0.25) is 0 Å². The van der Waals surface area contributed by atoms with Gasteiger partial charge in [-0.25, -0.2) is 23.4 Å². The third-order valence-electron chi connectivity index (χ3n) is 2.08. The van der Waals surface area contributed by atoms with E-state index in [0.29, 0.717) is 0 Å². The Hall–Kier alpha value is -2.03. The third kappa shape index (κ3) is 2.38. The van der Waals surface area contributed by atoms with Gasteiger partial charge in [0.05, 0.1) is 0 Å². The first-order valence-corrected chi connectivity index (χ1v) is 4.65. The number of aromatic nitrogens is 6. The zero-order valence-corrected chi connectivity index (χ0v) is 8.43. The van der Waals surface area contributed by atoms with Crippen LogP contribution in [-0.4, -0.2) is 47.8 Å². The van der Waals surface area contributed by atoms with Gasteiger partial charge in [-0.15, -0.1) is 5.10 Å². The van der Waals surface area contributed by atoms with Gasteiger partial charge < -0.3 is 5.11 Å². The number of hydrogen-bond donors (Lipinski definition) is 1. The van der Waals surface area contributed by atoms with Crippen LogP contribution in [0.2, 0.25) is 0 Å². The summed E-state index contributed by atoms with van der Waals surface area (Å²) in [5, 5.41) is 19.6. The van der Waals surface area contributed by atoms with E-state index >= 15 is 0 Å². The van der Waals surface area contributed by atoms with Crippen molar-refractivity contribution in [3.8, 4) is 0 Å². The van der Waals surface area contributed by atoms with Crippen molar-refractivity contribution in [3.63, 3.8) is 0 Å². The van der Waals surface area contributed by atoms with Crippen molar-refractivity contribution < 1.29 is 13.9 Å². The van der Waals surface area contributed by atoms with Crippen molar-refractivity contribution in [1.82, 2.24) is 30.2 Å². The summed E-state index contributed by atoms with van der Waals surface area (Å²) in [6.07, 6.45) is -1.04. The fraction of sp³-hybridized carbons (Fsp3) is 0.375. The summed E-state index contributed by atoms with van der Waals surface area (Å²) < 4.78 is 26.1. The lowest BCUT2D eigenvalue weighted by Gasteiger charge is -2.19. The van der Waals surface area contributed by atoms with E-state index in [1.165, 1.54) is 18.5 Å². The van der Waals surface area contributed by atoms with Crippen molar-refractivity contribution in [2.75, 3.05) is 0 Å². The average molecular weight is 242 g/mol. The van der Waals surface area contributed by atoms with Crippen molar-refractivity contribution in [3.05, 3.63) is 30.6 Å². The molecule has 2 aromatic rings. The molecule has 0 saturated carbocycles. The highest BCUT2D eigenvalue weighted by Gasteiger charge is 2.33. The van der Waals surface area contributed by atoms with Gasteiger partial charge in [0.15, 0.2) is 5.82 Å². The topological polar surface area (TPSA) is 89.6 Å². The van der Waals surface area contributed by atoms with Crippen LogP contribution in [-0.2, 0) is 0 Å². The molecular weight excluding hydrogens is 234 g/mol. The predicted molar refractivity (Wildman–Crippen MR) is 50.0 cm³/mol. The highest BCUT2D eigenvalue weighted by atomic mass is 19.3. The monoisotopic (exact) mass is 242 g/mol. The number of aliphatic hydroxyl groups is 1. The summed E-state index contributed by atoms with van der Waals surface area (Å²) in [7, 11) is 0. The van der Waals surface area contributed by atoms with Gasteiger partial charge in [-0.05, 0) is 16.5 Å². The van der Waals surface area contributed by atoms with Crippen LogP contribution in [0.4, 0.5) is 8.78 Å². The van der Waals surface area contributed by atoms with Crippen LogP contribution in [0, 0.1) is 0 Å². The minimum absolute atomic E-state index is 0.0209. The Morgan fingerprint density at radius 3 is 2.47 bits per heavy atom. The Bertz CT molecular complexity index is 450. The molecule has 90 valence electrons. The molecule has 17 heavy (non-hydrogen) atoms. The Morgan fingerprint density at radius 1 is 1.24 bits per heavy atom. The summed E-state index contributed by atoms with van der Waals surface area (Å²) in [5.41, 5.74) is 0. The molecule has 0 radical (unpaired) electrons. The number of aliphatic hydroxyl groups excluding tert-OH is 1. The fourth-order valence-corrected chi connectivity index (χ4v) is 1.32. The van der Waals surface area contributed by atoms with Crippen molar-refractivity contribution in [2.24, 2.45) is 0 Å². The van der Waals surface area contributed by atoms with Gasteiger partial charge in [0, 0.05) is 12.4 Å². The summed E-state index contributed by atoms with van der Waals surface area (Å²) in [6.45, 7) is 0. The molecule has 0 aliphatic heterocycles. The standard InChI is InChI=1S/C8H8F2N6O/c9-7(10)6(17)5(16-4-13-14-15-16)8-11-2-1-3-12-8/h1-7,17H. The largest absolute Gasteiger partial charge is 0.384 e. The van der Waals surface area contributed by atoms with Crippen LogP contribution < -0.4 is 0 Å². The molecule has 2 unspecified atom stereocenters. The van der Waals surface area contributed by atoms with Crippen LogP contribution in [0.15, 0.2) is 24.8 Å². The van der Waals surface area contributed by atoms with Gasteiger partial charge in [0.1, 0.15) is 18.5 Å². The van der Waals surface area contributed by atoms with E-state index in [2.05, 4.69) is 25.5 Å². The fourth-order valence-electron chi connectivity index (χ4n) is 1.32. The highest BCUT2D eigenvalue weighted by Crippen LogP contribution is 2.21. The molecule has 1 N–H and O–H groups in total. The first kappa shape index (κ1) is 11.5. The highest BCUT2D eigenvalue weighted by molar-refractivity contribution is 5.00. The third-order valence-corrected chi connectivity index (χ3v) is 2.08. The molecule has 2 rings (SSSR count). The molecule has 0 spiro atoms. The van der Waals surface area contributed by atoms with Gasteiger partial charge in [0.25, 0.3) is 6.43 Å². The second kappa shape index (κ2) is 4.87. The van der Waals surface area contributed by atoms with Crippen LogP contribution >= 0.6 is 0 Å². The lowest BCUT2D eigenvalue weighted by atomic mass is 10.1. The quantitative estimate of drug-likeness (QED) is 0.790. The second-order valence-corrected chi connectivity index (χ2v) is 3.17. The molecule has 0 aliphatic carbocycles. The molecule has 0 fully saturated rings. The minimum atomic E-state index is -2.95. The number of halogens is 2. The van der Waals surface area contributed by atoms with E-state index in [4.69, 9.17) is 0 Å². The molecule has 2 atom stereocenters. The van der Waals surface area contributed by atoms with Gasteiger partial charge in [-0.1, -0.05) is 0 Å².